The Labute approximate surface area is 138 Å². The molecular weight excluding hydrogens is 352 g/mol. The van der Waals surface area contributed by atoms with Gasteiger partial charge in [-0.3, -0.25) is 0 Å². The maximum atomic E-state index is 6.19. The zero-order valence-electron chi connectivity index (χ0n) is 12.3. The second-order valence-electron chi connectivity index (χ2n) is 5.75. The van der Waals surface area contributed by atoms with Gasteiger partial charge >= 0.3 is 0 Å². The lowest BCUT2D eigenvalue weighted by Crippen LogP contribution is -2.35. The number of nitrogens with one attached hydrogen (secondary N) is 1. The molecular formula is C16H18BrClN2O. The summed E-state index contributed by atoms with van der Waals surface area (Å²) in [5.74, 6) is 1.25. The molecule has 1 heterocycles. The number of para-hydroxylation sites is 1. The number of ether oxygens (including phenoxy) is 1. The summed E-state index contributed by atoms with van der Waals surface area (Å²) in [6.45, 7) is 7.00. The van der Waals surface area contributed by atoms with Crippen LogP contribution in [0.2, 0.25) is 5.02 Å². The van der Waals surface area contributed by atoms with Crippen LogP contribution >= 0.6 is 27.5 Å². The fourth-order valence-corrected chi connectivity index (χ4v) is 2.19. The van der Waals surface area contributed by atoms with E-state index in [-0.39, 0.29) is 5.54 Å². The van der Waals surface area contributed by atoms with E-state index in [1.807, 2.05) is 30.3 Å². The lowest BCUT2D eigenvalue weighted by atomic mass is 10.1. The van der Waals surface area contributed by atoms with Crippen molar-refractivity contribution in [1.29, 1.82) is 0 Å². The second kappa shape index (κ2) is 6.77. The van der Waals surface area contributed by atoms with Crippen molar-refractivity contribution in [3.05, 3.63) is 51.6 Å². The predicted octanol–water partition coefficient (Wildman–Crippen LogP) is 5.18. The Hall–Kier alpha value is -1.10. The number of rotatable bonds is 4. The molecule has 0 aliphatic rings. The number of halogens is 2. The molecule has 2 aromatic rings. The molecule has 3 nitrogen and oxygen atoms in total. The lowest BCUT2D eigenvalue weighted by Gasteiger charge is -2.21. The third-order valence-corrected chi connectivity index (χ3v) is 3.77. The van der Waals surface area contributed by atoms with Crippen LogP contribution in [0.15, 0.2) is 41.0 Å². The number of nitrogens with zero attached hydrogens (tertiary/aromatic N) is 1. The summed E-state index contributed by atoms with van der Waals surface area (Å²) >= 11 is 9.64. The van der Waals surface area contributed by atoms with E-state index < -0.39 is 0 Å². The van der Waals surface area contributed by atoms with Crippen LogP contribution in [0, 0.1) is 0 Å². The average Bonchev–Trinajstić information content (AvgIpc) is 2.41. The van der Waals surface area contributed by atoms with Crippen molar-refractivity contribution in [2.75, 3.05) is 0 Å². The van der Waals surface area contributed by atoms with Crippen LogP contribution in [-0.2, 0) is 6.54 Å². The van der Waals surface area contributed by atoms with Crippen LogP contribution in [0.25, 0.3) is 0 Å². The molecule has 0 atom stereocenters. The van der Waals surface area contributed by atoms with Gasteiger partial charge in [0.25, 0.3) is 0 Å². The highest BCUT2D eigenvalue weighted by atomic mass is 79.9. The van der Waals surface area contributed by atoms with Gasteiger partial charge in [0.15, 0.2) is 0 Å². The van der Waals surface area contributed by atoms with Crippen molar-refractivity contribution in [3.63, 3.8) is 0 Å². The zero-order valence-corrected chi connectivity index (χ0v) is 14.6. The quantitative estimate of drug-likeness (QED) is 0.806. The van der Waals surface area contributed by atoms with Crippen LogP contribution in [-0.4, -0.2) is 10.5 Å². The molecule has 0 spiro atoms. The zero-order chi connectivity index (χ0) is 15.5. The van der Waals surface area contributed by atoms with E-state index in [9.17, 15) is 0 Å². The molecule has 112 valence electrons. The van der Waals surface area contributed by atoms with Crippen molar-refractivity contribution >= 4 is 27.5 Å². The molecule has 0 bridgehead atoms. The molecule has 0 aliphatic heterocycles. The molecule has 5 heteroatoms. The summed E-state index contributed by atoms with van der Waals surface area (Å²) in [6.07, 6.45) is 1.62. The van der Waals surface area contributed by atoms with Crippen molar-refractivity contribution in [3.8, 4) is 11.6 Å². The molecule has 0 unspecified atom stereocenters. The Morgan fingerprint density at radius 1 is 1.29 bits per heavy atom. The van der Waals surface area contributed by atoms with Gasteiger partial charge in [-0.25, -0.2) is 4.98 Å². The molecule has 0 amide bonds. The minimum Gasteiger partial charge on any atom is -0.438 e. The largest absolute Gasteiger partial charge is 0.438 e. The van der Waals surface area contributed by atoms with Gasteiger partial charge in [-0.15, -0.1) is 0 Å². The monoisotopic (exact) mass is 368 g/mol. The lowest BCUT2D eigenvalue weighted by molar-refractivity contribution is 0.421. The fraction of sp³-hybridized carbons (Fsp3) is 0.312. The highest BCUT2D eigenvalue weighted by molar-refractivity contribution is 9.10. The summed E-state index contributed by atoms with van der Waals surface area (Å²) in [4.78, 5) is 4.22. The third-order valence-electron chi connectivity index (χ3n) is 2.77. The number of benzene rings is 1. The Morgan fingerprint density at radius 2 is 2.00 bits per heavy atom. The van der Waals surface area contributed by atoms with E-state index in [2.05, 4.69) is 47.0 Å². The molecule has 2 rings (SSSR count). The van der Waals surface area contributed by atoms with Crippen LogP contribution < -0.4 is 10.1 Å². The molecule has 1 aromatic heterocycles. The molecule has 0 aliphatic carbocycles. The SMILES string of the molecule is CC(C)(C)NCc1cc(Oc2ccccc2Br)ncc1Cl. The second-order valence-corrected chi connectivity index (χ2v) is 7.01. The van der Waals surface area contributed by atoms with E-state index >= 15 is 0 Å². The van der Waals surface area contributed by atoms with Crippen molar-refractivity contribution in [2.45, 2.75) is 32.9 Å². The number of pyridine rings is 1. The summed E-state index contributed by atoms with van der Waals surface area (Å²) in [5.41, 5.74) is 0.986. The average molecular weight is 370 g/mol. The number of hydrogen-bond donors (Lipinski definition) is 1. The van der Waals surface area contributed by atoms with E-state index in [1.54, 1.807) is 6.20 Å². The van der Waals surface area contributed by atoms with Gasteiger partial charge in [0.1, 0.15) is 5.75 Å². The fourth-order valence-electron chi connectivity index (χ4n) is 1.65. The maximum absolute atomic E-state index is 6.19. The van der Waals surface area contributed by atoms with Crippen molar-refractivity contribution < 1.29 is 4.74 Å². The number of aromatic nitrogens is 1. The predicted molar refractivity (Wildman–Crippen MR) is 90.1 cm³/mol. The first kappa shape index (κ1) is 16.3. The first-order valence-electron chi connectivity index (χ1n) is 6.67. The summed E-state index contributed by atoms with van der Waals surface area (Å²) < 4.78 is 6.68. The molecule has 0 saturated heterocycles. The highest BCUT2D eigenvalue weighted by Crippen LogP contribution is 2.29. The normalized spacial score (nSPS) is 11.5. The molecule has 21 heavy (non-hydrogen) atoms. The van der Waals surface area contributed by atoms with Crippen molar-refractivity contribution in [1.82, 2.24) is 10.3 Å². The van der Waals surface area contributed by atoms with Gasteiger partial charge in [0.05, 0.1) is 9.50 Å². The van der Waals surface area contributed by atoms with Gasteiger partial charge in [-0.1, -0.05) is 23.7 Å². The van der Waals surface area contributed by atoms with Crippen molar-refractivity contribution in [2.24, 2.45) is 0 Å². The van der Waals surface area contributed by atoms with Crippen LogP contribution in [0.5, 0.6) is 11.6 Å². The molecule has 0 saturated carbocycles. The van der Waals surface area contributed by atoms with Gasteiger partial charge < -0.3 is 10.1 Å². The number of hydrogen-bond acceptors (Lipinski definition) is 3. The van der Waals surface area contributed by atoms with E-state index in [0.717, 1.165) is 15.8 Å². The molecule has 0 radical (unpaired) electrons. The summed E-state index contributed by atoms with van der Waals surface area (Å²) in [5, 5.41) is 4.04. The first-order chi connectivity index (χ1) is 9.85. The minimum absolute atomic E-state index is 0.0239. The summed E-state index contributed by atoms with van der Waals surface area (Å²) in [7, 11) is 0. The smallest absolute Gasteiger partial charge is 0.219 e. The van der Waals surface area contributed by atoms with Crippen LogP contribution in [0.1, 0.15) is 26.3 Å². The molecule has 1 aromatic carbocycles. The van der Waals surface area contributed by atoms with Gasteiger partial charge in [-0.05, 0) is 54.4 Å². The van der Waals surface area contributed by atoms with Crippen LogP contribution in [0.4, 0.5) is 0 Å². The van der Waals surface area contributed by atoms with E-state index in [1.165, 1.54) is 0 Å². The Morgan fingerprint density at radius 3 is 2.67 bits per heavy atom. The van der Waals surface area contributed by atoms with Gasteiger partial charge in [0, 0.05) is 24.3 Å². The third kappa shape index (κ3) is 4.99. The highest BCUT2D eigenvalue weighted by Gasteiger charge is 2.12. The standard InChI is InChI=1S/C16H18BrClN2O/c1-16(2,3)20-9-11-8-15(19-10-13(11)18)21-14-7-5-4-6-12(14)17/h4-8,10,20H,9H2,1-3H3. The molecule has 0 fully saturated rings. The van der Waals surface area contributed by atoms with E-state index in [0.29, 0.717) is 17.4 Å². The Balaban J connectivity index is 2.17. The van der Waals surface area contributed by atoms with E-state index in [4.69, 9.17) is 16.3 Å². The Bertz CT molecular complexity index is 626. The van der Waals surface area contributed by atoms with Crippen LogP contribution in [0.3, 0.4) is 0 Å². The maximum Gasteiger partial charge on any atom is 0.219 e. The molecule has 1 N–H and O–H groups in total. The van der Waals surface area contributed by atoms with Gasteiger partial charge in [-0.2, -0.15) is 0 Å². The Kier molecular flexibility index (Phi) is 5.25. The minimum atomic E-state index is 0.0239. The first-order valence-corrected chi connectivity index (χ1v) is 7.84. The summed E-state index contributed by atoms with van der Waals surface area (Å²) in [6, 6.07) is 9.52. The van der Waals surface area contributed by atoms with Gasteiger partial charge in [0.2, 0.25) is 5.88 Å². The topological polar surface area (TPSA) is 34.1 Å².